The summed E-state index contributed by atoms with van der Waals surface area (Å²) in [7, 11) is 0. The van der Waals surface area contributed by atoms with Crippen molar-refractivity contribution in [2.24, 2.45) is 23.7 Å². The second kappa shape index (κ2) is 12.3. The first-order valence-electron chi connectivity index (χ1n) is 15.0. The minimum absolute atomic E-state index is 0.0211. The van der Waals surface area contributed by atoms with Gasteiger partial charge in [-0.3, -0.25) is 14.4 Å². The number of carbonyl (C=O) groups is 3. The Balaban J connectivity index is 1.89. The van der Waals surface area contributed by atoms with Gasteiger partial charge in [0.2, 0.25) is 11.8 Å². The molecule has 7 nitrogen and oxygen atoms in total. The average Bonchev–Trinajstić information content (AvgIpc) is 3.51. The number of fused-ring (bicyclic) bond motifs is 1. The molecule has 3 heterocycles. The summed E-state index contributed by atoms with van der Waals surface area (Å²) in [6.07, 6.45) is 5.04. The Morgan fingerprint density at radius 3 is 2.34 bits per heavy atom. The fourth-order valence-electron chi connectivity index (χ4n) is 7.73. The predicted octanol–water partition coefficient (Wildman–Crippen LogP) is 4.60. The number of nitrogens with zero attached hydrogens (tertiary/aromatic N) is 3. The summed E-state index contributed by atoms with van der Waals surface area (Å²) < 4.78 is -0.760. The fourth-order valence-corrected chi connectivity index (χ4v) is 10.1. The molecule has 1 spiro atoms. The average molecular weight is 582 g/mol. The third-order valence-electron chi connectivity index (χ3n) is 9.46. The lowest BCUT2D eigenvalue weighted by atomic mass is 9.65. The molecule has 3 aliphatic rings. The highest BCUT2D eigenvalue weighted by Gasteiger charge is 2.77. The molecule has 0 saturated carbocycles. The Morgan fingerprint density at radius 2 is 1.80 bits per heavy atom. The molecular formula is C33H47N3O4S. The first-order chi connectivity index (χ1) is 19.5. The van der Waals surface area contributed by atoms with Gasteiger partial charge in [0.05, 0.1) is 29.2 Å². The van der Waals surface area contributed by atoms with Gasteiger partial charge in [-0.15, -0.1) is 24.9 Å². The normalized spacial score (nSPS) is 29.0. The molecule has 3 unspecified atom stereocenters. The van der Waals surface area contributed by atoms with E-state index in [1.54, 1.807) is 33.7 Å². The van der Waals surface area contributed by atoms with Crippen LogP contribution in [-0.4, -0.2) is 80.9 Å². The summed E-state index contributed by atoms with van der Waals surface area (Å²) in [5, 5.41) is 10.6. The van der Waals surface area contributed by atoms with Gasteiger partial charge in [-0.1, -0.05) is 58.0 Å². The SMILES string of the molecule is C=CCN(CCC)C(=O)[C@@H]1[C@H]2C(=O)N([C@@H](CO)C(C)C)C(C(=O)N(CC=C)c3c(C)cccc3C)C23S[C@@H]1CC3C. The molecule has 1 N–H and O–H groups in total. The summed E-state index contributed by atoms with van der Waals surface area (Å²) in [5.41, 5.74) is 2.77. The van der Waals surface area contributed by atoms with Gasteiger partial charge in [0.25, 0.3) is 5.91 Å². The van der Waals surface area contributed by atoms with E-state index >= 15 is 4.79 Å². The van der Waals surface area contributed by atoms with Crippen molar-refractivity contribution in [2.75, 3.05) is 31.1 Å². The highest BCUT2D eigenvalue weighted by Crippen LogP contribution is 2.69. The van der Waals surface area contributed by atoms with Gasteiger partial charge in [0, 0.05) is 30.6 Å². The van der Waals surface area contributed by atoms with Gasteiger partial charge in [-0.05, 0) is 49.7 Å². The Kier molecular flexibility index (Phi) is 9.44. The zero-order chi connectivity index (χ0) is 30.2. The van der Waals surface area contributed by atoms with E-state index < -0.39 is 28.7 Å². The van der Waals surface area contributed by atoms with Gasteiger partial charge < -0.3 is 19.8 Å². The van der Waals surface area contributed by atoms with Crippen LogP contribution in [0.3, 0.4) is 0 Å². The lowest BCUT2D eigenvalue weighted by Crippen LogP contribution is -2.60. The maximum atomic E-state index is 15.0. The number of thioether (sulfide) groups is 1. The molecule has 0 aromatic heterocycles. The molecule has 3 aliphatic heterocycles. The minimum Gasteiger partial charge on any atom is -0.394 e. The molecule has 2 bridgehead atoms. The van der Waals surface area contributed by atoms with E-state index in [1.807, 2.05) is 57.7 Å². The van der Waals surface area contributed by atoms with Gasteiger partial charge in [0.15, 0.2) is 0 Å². The number of carbonyl (C=O) groups excluding carboxylic acids is 3. The maximum Gasteiger partial charge on any atom is 0.251 e. The molecule has 3 saturated heterocycles. The third kappa shape index (κ3) is 4.95. The Morgan fingerprint density at radius 1 is 1.17 bits per heavy atom. The number of likely N-dealkylation sites (tertiary alicyclic amines) is 1. The molecule has 3 fully saturated rings. The molecule has 7 atom stereocenters. The van der Waals surface area contributed by atoms with Crippen molar-refractivity contribution in [3.63, 3.8) is 0 Å². The van der Waals surface area contributed by atoms with Crippen LogP contribution >= 0.6 is 11.8 Å². The van der Waals surface area contributed by atoms with Gasteiger partial charge in [-0.2, -0.15) is 0 Å². The minimum atomic E-state index is -0.805. The molecule has 224 valence electrons. The maximum absolute atomic E-state index is 15.0. The molecule has 3 amide bonds. The third-order valence-corrected chi connectivity index (χ3v) is 11.5. The molecule has 0 radical (unpaired) electrons. The van der Waals surface area contributed by atoms with E-state index in [4.69, 9.17) is 0 Å². The predicted molar refractivity (Wildman–Crippen MR) is 167 cm³/mol. The standard InChI is InChI=1S/C33H47N3O4S/c1-9-15-34(16-10-2)30(38)26-25-18-23(8)33(41-25)27(26)31(39)36(24(19-37)20(4)5)29(33)32(40)35(17-11-3)28-21(6)13-12-14-22(28)7/h9,11-14,20,23-27,29,37H,1,3,10,15-19H2,2,4-8H3/t23?,24-,25+,26-,27-,29?,33?/m0/s1. The van der Waals surface area contributed by atoms with Gasteiger partial charge in [-0.25, -0.2) is 0 Å². The van der Waals surface area contributed by atoms with Crippen molar-refractivity contribution in [3.8, 4) is 0 Å². The quantitative estimate of drug-likeness (QED) is 0.365. The number of aliphatic hydroxyl groups is 1. The van der Waals surface area contributed by atoms with Crippen molar-refractivity contribution in [2.45, 2.75) is 76.5 Å². The number of amides is 3. The number of anilines is 1. The molecule has 8 heteroatoms. The first kappa shape index (κ1) is 31.4. The molecule has 0 aliphatic carbocycles. The highest BCUT2D eigenvalue weighted by molar-refractivity contribution is 8.02. The molecule has 41 heavy (non-hydrogen) atoms. The van der Waals surface area contributed by atoms with Crippen LogP contribution in [0.25, 0.3) is 0 Å². The van der Waals surface area contributed by atoms with Crippen LogP contribution < -0.4 is 4.90 Å². The van der Waals surface area contributed by atoms with Crippen LogP contribution in [0.2, 0.25) is 0 Å². The Bertz CT molecular complexity index is 1180. The zero-order valence-corrected chi connectivity index (χ0v) is 26.3. The summed E-state index contributed by atoms with van der Waals surface area (Å²) in [6.45, 7) is 21.0. The van der Waals surface area contributed by atoms with Crippen LogP contribution in [0.4, 0.5) is 5.69 Å². The largest absolute Gasteiger partial charge is 0.394 e. The van der Waals surface area contributed by atoms with E-state index in [9.17, 15) is 14.7 Å². The fraction of sp³-hybridized carbons (Fsp3) is 0.606. The second-order valence-electron chi connectivity index (χ2n) is 12.3. The van der Waals surface area contributed by atoms with Crippen molar-refractivity contribution < 1.29 is 19.5 Å². The first-order valence-corrected chi connectivity index (χ1v) is 15.9. The summed E-state index contributed by atoms with van der Waals surface area (Å²) in [6, 6.07) is 4.61. The lowest BCUT2D eigenvalue weighted by molar-refractivity contribution is -0.146. The van der Waals surface area contributed by atoms with Crippen LogP contribution in [0.1, 0.15) is 51.7 Å². The van der Waals surface area contributed by atoms with E-state index in [0.717, 1.165) is 29.7 Å². The van der Waals surface area contributed by atoms with Crippen molar-refractivity contribution >= 4 is 35.2 Å². The molecule has 4 rings (SSSR count). The number of aliphatic hydroxyl groups excluding tert-OH is 1. The van der Waals surface area contributed by atoms with E-state index in [1.165, 1.54) is 0 Å². The number of rotatable bonds is 12. The summed E-state index contributed by atoms with van der Waals surface area (Å²) in [4.78, 5) is 49.1. The van der Waals surface area contributed by atoms with Crippen LogP contribution in [0, 0.1) is 37.5 Å². The number of hydrogen-bond acceptors (Lipinski definition) is 5. The molecular weight excluding hydrogens is 534 g/mol. The number of aryl methyl sites for hydroxylation is 2. The Labute approximate surface area is 250 Å². The number of para-hydroxylation sites is 1. The highest BCUT2D eigenvalue weighted by atomic mass is 32.2. The van der Waals surface area contributed by atoms with Crippen molar-refractivity contribution in [1.29, 1.82) is 0 Å². The van der Waals surface area contributed by atoms with Crippen LogP contribution in [-0.2, 0) is 14.4 Å². The van der Waals surface area contributed by atoms with E-state index in [2.05, 4.69) is 20.1 Å². The van der Waals surface area contributed by atoms with Gasteiger partial charge >= 0.3 is 0 Å². The molecule has 1 aromatic carbocycles. The molecule has 1 aromatic rings. The summed E-state index contributed by atoms with van der Waals surface area (Å²) in [5.74, 6) is -1.52. The topological polar surface area (TPSA) is 81.2 Å². The Hall–Kier alpha value is -2.58. The van der Waals surface area contributed by atoms with Crippen molar-refractivity contribution in [3.05, 3.63) is 54.6 Å². The zero-order valence-electron chi connectivity index (χ0n) is 25.5. The monoisotopic (exact) mass is 581 g/mol. The second-order valence-corrected chi connectivity index (χ2v) is 13.9. The summed E-state index contributed by atoms with van der Waals surface area (Å²) >= 11 is 1.68. The van der Waals surface area contributed by atoms with E-state index in [0.29, 0.717) is 19.6 Å². The lowest BCUT2D eigenvalue weighted by Gasteiger charge is -2.43. The van der Waals surface area contributed by atoms with Gasteiger partial charge in [0.1, 0.15) is 6.04 Å². The number of hydrogen-bond donors (Lipinski definition) is 1. The smallest absolute Gasteiger partial charge is 0.251 e. The van der Waals surface area contributed by atoms with Crippen molar-refractivity contribution in [1.82, 2.24) is 9.80 Å². The van der Waals surface area contributed by atoms with Crippen LogP contribution in [0.5, 0.6) is 0 Å². The van der Waals surface area contributed by atoms with Crippen LogP contribution in [0.15, 0.2) is 43.5 Å². The van der Waals surface area contributed by atoms with E-state index in [-0.39, 0.29) is 41.4 Å². The number of benzene rings is 1.